The van der Waals surface area contributed by atoms with Gasteiger partial charge in [-0.25, -0.2) is 0 Å². The van der Waals surface area contributed by atoms with Gasteiger partial charge in [0.2, 0.25) is 0 Å². The van der Waals surface area contributed by atoms with Crippen molar-refractivity contribution >= 4 is 21.4 Å². The Labute approximate surface area is 149 Å². The van der Waals surface area contributed by atoms with Gasteiger partial charge in [0.15, 0.2) is 0 Å². The van der Waals surface area contributed by atoms with Crippen LogP contribution >= 0.6 is 11.3 Å². The van der Waals surface area contributed by atoms with Crippen LogP contribution in [-0.2, 0) is 11.2 Å². The topological polar surface area (TPSA) is 32.7 Å². The fourth-order valence-corrected chi connectivity index (χ4v) is 4.73. The lowest BCUT2D eigenvalue weighted by Crippen LogP contribution is -2.44. The maximum atomic E-state index is 8.80. The summed E-state index contributed by atoms with van der Waals surface area (Å²) >= 11 is 1.74. The van der Waals surface area contributed by atoms with E-state index in [4.69, 9.17) is 9.84 Å². The molecule has 0 amide bonds. The maximum Gasteiger partial charge on any atom is 0.0594 e. The molecule has 3 nitrogen and oxygen atoms in total. The summed E-state index contributed by atoms with van der Waals surface area (Å²) in [6.45, 7) is 4.49. The number of fused-ring (bicyclic) bond motifs is 1. The first-order chi connectivity index (χ1) is 11.9. The van der Waals surface area contributed by atoms with Crippen molar-refractivity contribution in [3.05, 3.63) is 35.2 Å². The second-order valence-corrected chi connectivity index (χ2v) is 7.58. The van der Waals surface area contributed by atoms with Crippen molar-refractivity contribution in [1.82, 2.24) is 4.90 Å². The van der Waals surface area contributed by atoms with Crippen LogP contribution in [0.1, 0.15) is 37.7 Å². The van der Waals surface area contributed by atoms with Crippen LogP contribution in [0.3, 0.4) is 0 Å². The van der Waals surface area contributed by atoms with Crippen LogP contribution in [0.25, 0.3) is 10.1 Å². The maximum absolute atomic E-state index is 8.80. The monoisotopic (exact) mass is 347 g/mol. The van der Waals surface area contributed by atoms with Gasteiger partial charge in [-0.15, -0.1) is 11.3 Å². The zero-order valence-corrected chi connectivity index (χ0v) is 15.3. The summed E-state index contributed by atoms with van der Waals surface area (Å²) in [7, 11) is 0. The normalized spacial score (nSPS) is 19.9. The predicted octanol–water partition coefficient (Wildman–Crippen LogP) is 4.09. The molecule has 1 aromatic carbocycles. The third-order valence-electron chi connectivity index (χ3n) is 5.08. The minimum Gasteiger partial charge on any atom is -0.396 e. The lowest BCUT2D eigenvalue weighted by atomic mass is 9.94. The van der Waals surface area contributed by atoms with E-state index in [1.54, 1.807) is 11.3 Å². The van der Waals surface area contributed by atoms with E-state index in [1.807, 2.05) is 12.1 Å². The van der Waals surface area contributed by atoms with Crippen LogP contribution in [0, 0.1) is 0 Å². The van der Waals surface area contributed by atoms with E-state index in [0.29, 0.717) is 0 Å². The molecule has 1 aliphatic carbocycles. The van der Waals surface area contributed by atoms with E-state index in [2.05, 4.69) is 22.4 Å². The summed E-state index contributed by atoms with van der Waals surface area (Å²) in [4.78, 5) is 2.63. The first kappa shape index (κ1) is 17.9. The van der Waals surface area contributed by atoms with E-state index < -0.39 is 0 Å². The summed E-state index contributed by atoms with van der Waals surface area (Å²) in [5.74, 6) is 0. The molecule has 1 saturated carbocycles. The summed E-state index contributed by atoms with van der Waals surface area (Å²) in [6.07, 6.45) is 7.98. The van der Waals surface area contributed by atoms with Crippen molar-refractivity contribution in [2.45, 2.75) is 44.6 Å². The van der Waals surface area contributed by atoms with E-state index in [9.17, 15) is 0 Å². The Bertz CT molecular complexity index is 584. The van der Waals surface area contributed by atoms with Gasteiger partial charge in [0.25, 0.3) is 0 Å². The molecule has 1 saturated heterocycles. The van der Waals surface area contributed by atoms with Crippen LogP contribution in [0.15, 0.2) is 29.6 Å². The van der Waals surface area contributed by atoms with Gasteiger partial charge in [0.1, 0.15) is 0 Å². The molecule has 4 rings (SSSR count). The highest BCUT2D eigenvalue weighted by Gasteiger charge is 2.22. The molecule has 0 radical (unpaired) electrons. The van der Waals surface area contributed by atoms with Gasteiger partial charge in [-0.3, -0.25) is 4.90 Å². The van der Waals surface area contributed by atoms with Gasteiger partial charge in [-0.2, -0.15) is 0 Å². The highest BCUT2D eigenvalue weighted by atomic mass is 32.1. The summed E-state index contributed by atoms with van der Waals surface area (Å²) in [5.41, 5.74) is 1.26. The van der Waals surface area contributed by atoms with E-state index in [1.165, 1.54) is 60.8 Å². The fourth-order valence-electron chi connectivity index (χ4n) is 3.74. The highest BCUT2D eigenvalue weighted by molar-refractivity contribution is 7.17. The van der Waals surface area contributed by atoms with E-state index in [0.717, 1.165) is 25.7 Å². The highest BCUT2D eigenvalue weighted by Crippen LogP contribution is 2.25. The Kier molecular flexibility index (Phi) is 7.09. The summed E-state index contributed by atoms with van der Waals surface area (Å²) in [6, 6.07) is 9.19. The van der Waals surface area contributed by atoms with E-state index >= 15 is 0 Å². The molecule has 2 aliphatic rings. The number of hydrogen-bond donors (Lipinski definition) is 1. The van der Waals surface area contributed by atoms with Crippen molar-refractivity contribution in [3.63, 3.8) is 0 Å². The quantitative estimate of drug-likeness (QED) is 0.908. The number of benzene rings is 1. The van der Waals surface area contributed by atoms with Crippen molar-refractivity contribution in [2.24, 2.45) is 0 Å². The molecule has 2 fully saturated rings. The lowest BCUT2D eigenvalue weighted by Gasteiger charge is -2.36. The molecule has 1 N–H and O–H groups in total. The van der Waals surface area contributed by atoms with Gasteiger partial charge < -0.3 is 9.84 Å². The molecular formula is C20H29NO2S. The van der Waals surface area contributed by atoms with Gasteiger partial charge in [0, 0.05) is 30.4 Å². The minimum absolute atomic E-state index is 0.237. The molecule has 4 heteroatoms. The Hall–Kier alpha value is -0.940. The molecule has 0 spiro atoms. The smallest absolute Gasteiger partial charge is 0.0594 e. The average Bonchev–Trinajstić information content (AvgIpc) is 3.07. The van der Waals surface area contributed by atoms with Crippen LogP contribution in [0.5, 0.6) is 0 Å². The molecule has 2 heterocycles. The van der Waals surface area contributed by atoms with Crippen LogP contribution in [0.2, 0.25) is 0 Å². The SMILES string of the molecule is C1CCC(N2CCOCC2)CC1.OCCc1csc2ccccc12. The molecule has 1 aliphatic heterocycles. The average molecular weight is 348 g/mol. The van der Waals surface area contributed by atoms with Crippen molar-refractivity contribution in [2.75, 3.05) is 32.9 Å². The van der Waals surface area contributed by atoms with Gasteiger partial charge in [-0.05, 0) is 41.7 Å². The number of nitrogens with zero attached hydrogens (tertiary/aromatic N) is 1. The molecule has 132 valence electrons. The van der Waals surface area contributed by atoms with Gasteiger partial charge in [0.05, 0.1) is 13.2 Å². The second kappa shape index (κ2) is 9.52. The van der Waals surface area contributed by atoms with E-state index in [-0.39, 0.29) is 6.61 Å². The first-order valence-corrected chi connectivity index (χ1v) is 10.1. The van der Waals surface area contributed by atoms with Gasteiger partial charge in [-0.1, -0.05) is 37.5 Å². The molecule has 24 heavy (non-hydrogen) atoms. The fraction of sp³-hybridized carbons (Fsp3) is 0.600. The zero-order chi connectivity index (χ0) is 16.6. The third kappa shape index (κ3) is 4.79. The van der Waals surface area contributed by atoms with Crippen LogP contribution in [-0.4, -0.2) is 49.0 Å². The van der Waals surface area contributed by atoms with Crippen molar-refractivity contribution in [3.8, 4) is 0 Å². The standard InChI is InChI=1S/C10H19NO.C10H10OS/c1-2-4-10(5-3-1)11-6-8-12-9-7-11;11-6-5-8-7-12-10-4-2-1-3-9(8)10/h10H,1-9H2;1-4,7,11H,5-6H2. The summed E-state index contributed by atoms with van der Waals surface area (Å²) < 4.78 is 6.66. The zero-order valence-electron chi connectivity index (χ0n) is 14.5. The Balaban J connectivity index is 0.000000141. The summed E-state index contributed by atoms with van der Waals surface area (Å²) in [5, 5.41) is 12.2. The molecule has 0 bridgehead atoms. The Morgan fingerprint density at radius 1 is 1.08 bits per heavy atom. The largest absolute Gasteiger partial charge is 0.396 e. The van der Waals surface area contributed by atoms with Gasteiger partial charge >= 0.3 is 0 Å². The molecule has 0 atom stereocenters. The van der Waals surface area contributed by atoms with Crippen LogP contribution in [0.4, 0.5) is 0 Å². The lowest BCUT2D eigenvalue weighted by molar-refractivity contribution is 0.00858. The number of aliphatic hydroxyl groups is 1. The molecule has 2 aromatic rings. The number of morpholine rings is 1. The number of ether oxygens (including phenoxy) is 1. The van der Waals surface area contributed by atoms with Crippen molar-refractivity contribution < 1.29 is 9.84 Å². The predicted molar refractivity (Wildman–Crippen MR) is 102 cm³/mol. The number of rotatable bonds is 3. The first-order valence-electron chi connectivity index (χ1n) is 9.26. The Morgan fingerprint density at radius 3 is 2.58 bits per heavy atom. The molecular weight excluding hydrogens is 318 g/mol. The molecule has 0 unspecified atom stereocenters. The number of aliphatic hydroxyl groups excluding tert-OH is 1. The third-order valence-corrected chi connectivity index (χ3v) is 6.09. The van der Waals surface area contributed by atoms with Crippen LogP contribution < -0.4 is 0 Å². The minimum atomic E-state index is 0.237. The number of hydrogen-bond acceptors (Lipinski definition) is 4. The Morgan fingerprint density at radius 2 is 1.83 bits per heavy atom. The molecule has 1 aromatic heterocycles. The van der Waals surface area contributed by atoms with Crippen molar-refractivity contribution in [1.29, 1.82) is 0 Å². The second-order valence-electron chi connectivity index (χ2n) is 6.67. The number of thiophene rings is 1.